The molecule has 0 bridgehead atoms. The summed E-state index contributed by atoms with van der Waals surface area (Å²) in [4.78, 5) is 22.4. The monoisotopic (exact) mass is 275 g/mol. The maximum absolute atomic E-state index is 12.0. The Labute approximate surface area is 119 Å². The maximum Gasteiger partial charge on any atom is 0.303 e. The van der Waals surface area contributed by atoms with Gasteiger partial charge in [-0.15, -0.1) is 0 Å². The highest BCUT2D eigenvalue weighted by atomic mass is 16.4. The fraction of sp³-hybridized carbons (Fsp3) is 0.500. The van der Waals surface area contributed by atoms with Crippen LogP contribution in [-0.4, -0.2) is 23.5 Å². The van der Waals surface area contributed by atoms with Crippen molar-refractivity contribution in [2.24, 2.45) is 5.92 Å². The lowest BCUT2D eigenvalue weighted by Gasteiger charge is -2.10. The average Bonchev–Trinajstić information content (AvgIpc) is 2.86. The van der Waals surface area contributed by atoms with Crippen molar-refractivity contribution in [1.29, 1.82) is 0 Å². The molecular weight excluding hydrogens is 254 g/mol. The van der Waals surface area contributed by atoms with Crippen LogP contribution in [0.2, 0.25) is 0 Å². The standard InChI is InChI=1S/C16H21NO3/c18-15(19)8-2-1-5-9-17-16(20)14-10-12-6-3-4-7-13(12)11-14/h3-4,6-7,14H,1-2,5,8-11H2,(H,17,20)(H,18,19). The molecule has 1 amide bonds. The molecule has 2 rings (SSSR count). The van der Waals surface area contributed by atoms with Crippen LogP contribution in [0.4, 0.5) is 0 Å². The van der Waals surface area contributed by atoms with Crippen LogP contribution in [0.1, 0.15) is 36.8 Å². The molecule has 1 aromatic carbocycles. The number of aliphatic carboxylic acids is 1. The normalized spacial score (nSPS) is 14.0. The van der Waals surface area contributed by atoms with E-state index in [1.807, 2.05) is 12.1 Å². The van der Waals surface area contributed by atoms with E-state index in [0.717, 1.165) is 25.7 Å². The summed E-state index contributed by atoms with van der Waals surface area (Å²) in [5.41, 5.74) is 2.57. The number of nitrogens with one attached hydrogen (secondary N) is 1. The molecule has 0 unspecified atom stereocenters. The van der Waals surface area contributed by atoms with Crippen LogP contribution in [0.3, 0.4) is 0 Å². The Morgan fingerprint density at radius 3 is 2.35 bits per heavy atom. The zero-order valence-corrected chi connectivity index (χ0v) is 11.6. The van der Waals surface area contributed by atoms with Crippen molar-refractivity contribution in [3.63, 3.8) is 0 Å². The molecule has 1 aromatic rings. The molecule has 0 radical (unpaired) electrons. The smallest absolute Gasteiger partial charge is 0.303 e. The molecule has 0 aliphatic heterocycles. The number of hydrogen-bond donors (Lipinski definition) is 2. The van der Waals surface area contributed by atoms with E-state index in [1.165, 1.54) is 11.1 Å². The summed E-state index contributed by atoms with van der Waals surface area (Å²) in [6.07, 6.45) is 4.25. The fourth-order valence-corrected chi connectivity index (χ4v) is 2.68. The highest BCUT2D eigenvalue weighted by Crippen LogP contribution is 2.26. The van der Waals surface area contributed by atoms with Crippen LogP contribution in [0.25, 0.3) is 0 Å². The van der Waals surface area contributed by atoms with Gasteiger partial charge >= 0.3 is 5.97 Å². The van der Waals surface area contributed by atoms with E-state index < -0.39 is 5.97 Å². The van der Waals surface area contributed by atoms with Crippen molar-refractivity contribution >= 4 is 11.9 Å². The molecule has 4 heteroatoms. The Morgan fingerprint density at radius 1 is 1.10 bits per heavy atom. The van der Waals surface area contributed by atoms with Crippen LogP contribution >= 0.6 is 0 Å². The van der Waals surface area contributed by atoms with E-state index in [1.54, 1.807) is 0 Å². The summed E-state index contributed by atoms with van der Waals surface area (Å²) in [7, 11) is 0. The van der Waals surface area contributed by atoms with Crippen molar-refractivity contribution in [2.75, 3.05) is 6.54 Å². The number of carboxylic acids is 1. The Kier molecular flexibility index (Phi) is 5.16. The molecule has 0 saturated heterocycles. The number of carbonyl (C=O) groups is 2. The SMILES string of the molecule is O=C(O)CCCCCNC(=O)C1Cc2ccccc2C1. The molecular formula is C16H21NO3. The summed E-state index contributed by atoms with van der Waals surface area (Å²) < 4.78 is 0. The number of amides is 1. The first-order chi connectivity index (χ1) is 9.66. The molecule has 4 nitrogen and oxygen atoms in total. The Bertz CT molecular complexity index is 459. The van der Waals surface area contributed by atoms with Gasteiger partial charge in [0.05, 0.1) is 0 Å². The van der Waals surface area contributed by atoms with Gasteiger partial charge in [-0.05, 0) is 36.8 Å². The van der Waals surface area contributed by atoms with Gasteiger partial charge in [-0.1, -0.05) is 30.7 Å². The van der Waals surface area contributed by atoms with E-state index in [9.17, 15) is 9.59 Å². The number of benzene rings is 1. The van der Waals surface area contributed by atoms with Gasteiger partial charge in [0.1, 0.15) is 0 Å². The van der Waals surface area contributed by atoms with Gasteiger partial charge in [0, 0.05) is 18.9 Å². The Morgan fingerprint density at radius 2 is 1.75 bits per heavy atom. The topological polar surface area (TPSA) is 66.4 Å². The largest absolute Gasteiger partial charge is 0.481 e. The third kappa shape index (κ3) is 4.08. The van der Waals surface area contributed by atoms with Crippen molar-refractivity contribution in [1.82, 2.24) is 5.32 Å². The first-order valence-electron chi connectivity index (χ1n) is 7.23. The Hall–Kier alpha value is -1.84. The molecule has 0 heterocycles. The number of unbranched alkanes of at least 4 members (excludes halogenated alkanes) is 2. The minimum Gasteiger partial charge on any atom is -0.481 e. The second-order valence-electron chi connectivity index (χ2n) is 5.37. The first kappa shape index (κ1) is 14.6. The van der Waals surface area contributed by atoms with Gasteiger partial charge in [-0.3, -0.25) is 9.59 Å². The van der Waals surface area contributed by atoms with Crippen molar-refractivity contribution in [2.45, 2.75) is 38.5 Å². The molecule has 0 saturated carbocycles. The van der Waals surface area contributed by atoms with Gasteiger partial charge in [0.15, 0.2) is 0 Å². The molecule has 20 heavy (non-hydrogen) atoms. The lowest BCUT2D eigenvalue weighted by Crippen LogP contribution is -2.31. The van der Waals surface area contributed by atoms with Crippen molar-refractivity contribution in [3.8, 4) is 0 Å². The third-order valence-electron chi connectivity index (χ3n) is 3.79. The minimum atomic E-state index is -0.752. The predicted molar refractivity (Wildman–Crippen MR) is 76.5 cm³/mol. The van der Waals surface area contributed by atoms with Gasteiger partial charge in [0.25, 0.3) is 0 Å². The van der Waals surface area contributed by atoms with Crippen LogP contribution in [0, 0.1) is 5.92 Å². The molecule has 1 aliphatic carbocycles. The van der Waals surface area contributed by atoms with E-state index >= 15 is 0 Å². The van der Waals surface area contributed by atoms with E-state index in [2.05, 4.69) is 17.4 Å². The molecule has 0 aromatic heterocycles. The van der Waals surface area contributed by atoms with Gasteiger partial charge in [-0.2, -0.15) is 0 Å². The average molecular weight is 275 g/mol. The van der Waals surface area contributed by atoms with Gasteiger partial charge < -0.3 is 10.4 Å². The number of hydrogen-bond acceptors (Lipinski definition) is 2. The molecule has 0 fully saturated rings. The summed E-state index contributed by atoms with van der Waals surface area (Å²) in [6.45, 7) is 0.644. The van der Waals surface area contributed by atoms with Gasteiger partial charge in [-0.25, -0.2) is 0 Å². The number of rotatable bonds is 7. The summed E-state index contributed by atoms with van der Waals surface area (Å²) >= 11 is 0. The van der Waals surface area contributed by atoms with Crippen LogP contribution in [-0.2, 0) is 22.4 Å². The van der Waals surface area contributed by atoms with Gasteiger partial charge in [0.2, 0.25) is 5.91 Å². The fourth-order valence-electron chi connectivity index (χ4n) is 2.68. The number of carboxylic acid groups (broad SMARTS) is 1. The van der Waals surface area contributed by atoms with Crippen LogP contribution in [0.15, 0.2) is 24.3 Å². The molecule has 0 atom stereocenters. The zero-order chi connectivity index (χ0) is 14.4. The zero-order valence-electron chi connectivity index (χ0n) is 11.6. The molecule has 1 aliphatic rings. The van der Waals surface area contributed by atoms with E-state index in [0.29, 0.717) is 13.0 Å². The van der Waals surface area contributed by atoms with Crippen LogP contribution < -0.4 is 5.32 Å². The van der Waals surface area contributed by atoms with Crippen molar-refractivity contribution < 1.29 is 14.7 Å². The van der Waals surface area contributed by atoms with E-state index in [-0.39, 0.29) is 18.2 Å². The Balaban J connectivity index is 1.63. The highest BCUT2D eigenvalue weighted by molar-refractivity contribution is 5.80. The maximum atomic E-state index is 12.0. The third-order valence-corrected chi connectivity index (χ3v) is 3.79. The second kappa shape index (κ2) is 7.08. The predicted octanol–water partition coefficient (Wildman–Crippen LogP) is 2.16. The lowest BCUT2D eigenvalue weighted by molar-refractivity contribution is -0.137. The molecule has 0 spiro atoms. The summed E-state index contributed by atoms with van der Waals surface area (Å²) in [5, 5.41) is 11.5. The van der Waals surface area contributed by atoms with E-state index in [4.69, 9.17) is 5.11 Å². The molecule has 108 valence electrons. The quantitative estimate of drug-likeness (QED) is 0.749. The lowest BCUT2D eigenvalue weighted by atomic mass is 10.1. The molecule has 2 N–H and O–H groups in total. The number of fused-ring (bicyclic) bond motifs is 1. The second-order valence-corrected chi connectivity index (χ2v) is 5.37. The first-order valence-corrected chi connectivity index (χ1v) is 7.23. The number of carbonyl (C=O) groups excluding carboxylic acids is 1. The van der Waals surface area contributed by atoms with Crippen LogP contribution in [0.5, 0.6) is 0 Å². The summed E-state index contributed by atoms with van der Waals surface area (Å²) in [5.74, 6) is -0.566. The summed E-state index contributed by atoms with van der Waals surface area (Å²) in [6, 6.07) is 8.21. The van der Waals surface area contributed by atoms with Crippen molar-refractivity contribution in [3.05, 3.63) is 35.4 Å². The minimum absolute atomic E-state index is 0.0615. The highest BCUT2D eigenvalue weighted by Gasteiger charge is 2.26.